The number of Topliss-reactive ketones (excluding diaryl/α,β-unsaturated/α-hetero) is 1. The monoisotopic (exact) mass is 266 g/mol. The minimum atomic E-state index is -0.162. The zero-order valence-corrected chi connectivity index (χ0v) is 12.9. The summed E-state index contributed by atoms with van der Waals surface area (Å²) in [7, 11) is 0. The number of halogens is 1. The van der Waals surface area contributed by atoms with E-state index in [4.69, 9.17) is 0 Å². The van der Waals surface area contributed by atoms with Crippen molar-refractivity contribution in [2.24, 2.45) is 11.8 Å². The molecule has 2 unspecified atom stereocenters. The molecule has 0 aliphatic rings. The maximum absolute atomic E-state index is 12.2. The zero-order valence-electron chi connectivity index (χ0n) is 12.9. The van der Waals surface area contributed by atoms with Crippen LogP contribution in [0.4, 0.5) is 4.39 Å². The molecule has 0 saturated heterocycles. The fraction of sp³-hybridized carbons (Fsp3) is 0.588. The minimum absolute atomic E-state index is 0.162. The number of ketones is 1. The van der Waals surface area contributed by atoms with Gasteiger partial charge in [-0.05, 0) is 37.5 Å². The summed E-state index contributed by atoms with van der Waals surface area (Å²) in [4.78, 5) is 10.9. The van der Waals surface area contributed by atoms with Crippen LogP contribution in [0.15, 0.2) is 24.3 Å². The smallest absolute Gasteiger partial charge is 0.132 e. The lowest BCUT2D eigenvalue weighted by Crippen LogP contribution is -2.15. The molecule has 1 nitrogen and oxygen atoms in total. The predicted octanol–water partition coefficient (Wildman–Crippen LogP) is 5.17. The van der Waals surface area contributed by atoms with Gasteiger partial charge in [0.05, 0.1) is 0 Å². The molecule has 2 heteroatoms. The van der Waals surface area contributed by atoms with Gasteiger partial charge in [0.25, 0.3) is 0 Å². The molecule has 0 radical (unpaired) electrons. The lowest BCUT2D eigenvalue weighted by atomic mass is 9.88. The van der Waals surface area contributed by atoms with Gasteiger partial charge < -0.3 is 0 Å². The third-order valence-electron chi connectivity index (χ3n) is 3.49. The molecule has 0 bridgehead atoms. The summed E-state index contributed by atoms with van der Waals surface area (Å²) in [6, 6.07) is 6.50. The first-order chi connectivity index (χ1) is 8.88. The van der Waals surface area contributed by atoms with Crippen molar-refractivity contribution in [1.82, 2.24) is 0 Å². The Bertz CT molecular complexity index is 356. The molecule has 1 aromatic rings. The highest BCUT2D eigenvalue weighted by atomic mass is 19.1. The van der Waals surface area contributed by atoms with Crippen molar-refractivity contribution in [2.45, 2.75) is 53.9 Å². The fourth-order valence-electron chi connectivity index (χ4n) is 1.78. The first-order valence-corrected chi connectivity index (χ1v) is 7.11. The van der Waals surface area contributed by atoms with Gasteiger partial charge in [-0.3, -0.25) is 4.79 Å². The van der Waals surface area contributed by atoms with Crippen molar-refractivity contribution in [3.63, 3.8) is 0 Å². The van der Waals surface area contributed by atoms with Gasteiger partial charge in [0, 0.05) is 5.92 Å². The van der Waals surface area contributed by atoms with E-state index >= 15 is 0 Å². The summed E-state index contributed by atoms with van der Waals surface area (Å²) in [5, 5.41) is 0. The highest BCUT2D eigenvalue weighted by Crippen LogP contribution is 2.18. The molecule has 1 rings (SSSR count). The lowest BCUT2D eigenvalue weighted by molar-refractivity contribution is -0.121. The third kappa shape index (κ3) is 8.52. The van der Waals surface area contributed by atoms with Crippen LogP contribution < -0.4 is 0 Å². The van der Waals surface area contributed by atoms with Gasteiger partial charge in [0.1, 0.15) is 11.6 Å². The molecular weight excluding hydrogens is 239 g/mol. The molecule has 0 aliphatic heterocycles. The van der Waals surface area contributed by atoms with Crippen LogP contribution in [0.2, 0.25) is 0 Å². The summed E-state index contributed by atoms with van der Waals surface area (Å²) < 4.78 is 12.2. The summed E-state index contributed by atoms with van der Waals surface area (Å²) in [6.07, 6.45) is 3.67. The molecule has 2 atom stereocenters. The van der Waals surface area contributed by atoms with Gasteiger partial charge >= 0.3 is 0 Å². The fourth-order valence-corrected chi connectivity index (χ4v) is 1.78. The van der Waals surface area contributed by atoms with Crippen molar-refractivity contribution < 1.29 is 9.18 Å². The second-order valence-electron chi connectivity index (χ2n) is 5.32. The van der Waals surface area contributed by atoms with Gasteiger partial charge in [-0.2, -0.15) is 0 Å². The highest BCUT2D eigenvalue weighted by molar-refractivity contribution is 5.78. The number of carbonyl (C=O) groups is 1. The minimum Gasteiger partial charge on any atom is -0.300 e. The van der Waals surface area contributed by atoms with Crippen molar-refractivity contribution >= 4 is 5.78 Å². The standard InChI is InChI=1S/C10H20O.C7H7F/c1-5-6-7-8(2)9(3)10(4)11;1-6-3-2-4-7(8)5-6/h8-9H,5-7H2,1-4H3;2-5H,1H3. The van der Waals surface area contributed by atoms with Crippen LogP contribution in [0.25, 0.3) is 0 Å². The molecule has 0 aliphatic carbocycles. The van der Waals surface area contributed by atoms with E-state index in [0.717, 1.165) is 5.56 Å². The molecule has 0 heterocycles. The van der Waals surface area contributed by atoms with Crippen LogP contribution in [0.1, 0.15) is 52.5 Å². The Balaban J connectivity index is 0.000000356. The number of benzene rings is 1. The van der Waals surface area contributed by atoms with Crippen LogP contribution in [-0.2, 0) is 4.79 Å². The first-order valence-electron chi connectivity index (χ1n) is 7.11. The van der Waals surface area contributed by atoms with Gasteiger partial charge in [0.2, 0.25) is 0 Å². The molecule has 0 fully saturated rings. The van der Waals surface area contributed by atoms with Crippen LogP contribution in [-0.4, -0.2) is 5.78 Å². The molecule has 0 aromatic heterocycles. The summed E-state index contributed by atoms with van der Waals surface area (Å²) in [5.41, 5.74) is 0.963. The molecule has 108 valence electrons. The Kier molecular flexibility index (Phi) is 9.11. The third-order valence-corrected chi connectivity index (χ3v) is 3.49. The van der Waals surface area contributed by atoms with Crippen molar-refractivity contribution in [1.29, 1.82) is 0 Å². The predicted molar refractivity (Wildman–Crippen MR) is 79.7 cm³/mol. The number of hydrogen-bond donors (Lipinski definition) is 0. The maximum Gasteiger partial charge on any atom is 0.132 e. The van der Waals surface area contributed by atoms with Crippen LogP contribution in [0, 0.1) is 24.6 Å². The van der Waals surface area contributed by atoms with Crippen molar-refractivity contribution in [3.05, 3.63) is 35.6 Å². The summed E-state index contributed by atoms with van der Waals surface area (Å²) in [6.45, 7) is 9.94. The largest absolute Gasteiger partial charge is 0.300 e. The summed E-state index contributed by atoms with van der Waals surface area (Å²) in [5.74, 6) is 0.979. The summed E-state index contributed by atoms with van der Waals surface area (Å²) >= 11 is 0. The molecule has 0 spiro atoms. The number of carbonyl (C=O) groups excluding carboxylic acids is 1. The molecular formula is C17H27FO. The average Bonchev–Trinajstić information content (AvgIpc) is 2.35. The maximum atomic E-state index is 12.2. The number of hydrogen-bond acceptors (Lipinski definition) is 1. The van der Waals surface area contributed by atoms with E-state index in [9.17, 15) is 9.18 Å². The first kappa shape index (κ1) is 17.8. The van der Waals surface area contributed by atoms with E-state index in [2.05, 4.69) is 13.8 Å². The van der Waals surface area contributed by atoms with Crippen LogP contribution in [0.5, 0.6) is 0 Å². The molecule has 0 N–H and O–H groups in total. The van der Waals surface area contributed by atoms with E-state index < -0.39 is 0 Å². The quantitative estimate of drug-likeness (QED) is 0.718. The Labute approximate surface area is 117 Å². The zero-order chi connectivity index (χ0) is 14.8. The van der Waals surface area contributed by atoms with Gasteiger partial charge in [-0.1, -0.05) is 52.2 Å². The number of rotatable bonds is 5. The molecule has 19 heavy (non-hydrogen) atoms. The Hall–Kier alpha value is -1.18. The van der Waals surface area contributed by atoms with Crippen molar-refractivity contribution in [3.8, 4) is 0 Å². The topological polar surface area (TPSA) is 17.1 Å². The number of aryl methyl sites for hydroxylation is 1. The lowest BCUT2D eigenvalue weighted by Gasteiger charge is -2.16. The molecule has 0 amide bonds. The van der Waals surface area contributed by atoms with E-state index in [0.29, 0.717) is 11.7 Å². The highest BCUT2D eigenvalue weighted by Gasteiger charge is 2.15. The Morgan fingerprint density at radius 1 is 1.32 bits per heavy atom. The van der Waals surface area contributed by atoms with E-state index in [1.807, 2.05) is 19.9 Å². The van der Waals surface area contributed by atoms with Crippen LogP contribution in [0.3, 0.4) is 0 Å². The Morgan fingerprint density at radius 2 is 1.95 bits per heavy atom. The second-order valence-corrected chi connectivity index (χ2v) is 5.32. The molecule has 0 saturated carbocycles. The van der Waals surface area contributed by atoms with Gasteiger partial charge in [-0.15, -0.1) is 0 Å². The van der Waals surface area contributed by atoms with Gasteiger partial charge in [-0.25, -0.2) is 4.39 Å². The second kappa shape index (κ2) is 9.71. The SMILES string of the molecule is CCCCC(C)C(C)C(C)=O.Cc1cccc(F)c1. The normalized spacial score (nSPS) is 13.2. The Morgan fingerprint density at radius 3 is 2.32 bits per heavy atom. The van der Waals surface area contributed by atoms with E-state index in [1.54, 1.807) is 13.0 Å². The molecule has 1 aromatic carbocycles. The van der Waals surface area contributed by atoms with Crippen LogP contribution >= 0.6 is 0 Å². The van der Waals surface area contributed by atoms with E-state index in [-0.39, 0.29) is 11.7 Å². The van der Waals surface area contributed by atoms with Gasteiger partial charge in [0.15, 0.2) is 0 Å². The average molecular weight is 266 g/mol. The van der Waals surface area contributed by atoms with E-state index in [1.165, 1.54) is 31.4 Å². The number of unbranched alkanes of at least 4 members (excludes halogenated alkanes) is 1. The van der Waals surface area contributed by atoms with Crippen molar-refractivity contribution in [2.75, 3.05) is 0 Å².